The van der Waals surface area contributed by atoms with E-state index in [4.69, 9.17) is 34.5 Å². The third kappa shape index (κ3) is 10.1. The van der Waals surface area contributed by atoms with Gasteiger partial charge >= 0.3 is 268 Å². The molecule has 1 heterocycles. The van der Waals surface area contributed by atoms with Crippen molar-refractivity contribution in [1.29, 1.82) is 0 Å². The van der Waals surface area contributed by atoms with Crippen molar-refractivity contribution in [3.63, 3.8) is 0 Å². The van der Waals surface area contributed by atoms with Gasteiger partial charge in [-0.25, -0.2) is 0 Å². The first-order chi connectivity index (χ1) is 20.9. The van der Waals surface area contributed by atoms with Crippen LogP contribution in [0, 0.1) is 0 Å². The molecule has 4 aromatic carbocycles. The van der Waals surface area contributed by atoms with E-state index in [1.807, 2.05) is 73.8 Å². The Hall–Kier alpha value is -2.29. The summed E-state index contributed by atoms with van der Waals surface area (Å²) in [6.45, 7) is 5.66. The van der Waals surface area contributed by atoms with Crippen molar-refractivity contribution >= 4 is 38.1 Å². The zero-order valence-electron chi connectivity index (χ0n) is 24.6. The van der Waals surface area contributed by atoms with Crippen LogP contribution >= 0.6 is 11.1 Å². The molecule has 5 nitrogen and oxygen atoms in total. The molecule has 5 rings (SSSR count). The van der Waals surface area contributed by atoms with E-state index >= 15 is 0 Å². The molecule has 1 aliphatic rings. The molecule has 0 spiro atoms. The number of hydrogen-bond donors (Lipinski definition) is 0. The molecule has 1 fully saturated rings. The molecule has 0 radical (unpaired) electrons. The summed E-state index contributed by atoms with van der Waals surface area (Å²) in [5.74, 6) is 0. The van der Waals surface area contributed by atoms with Crippen molar-refractivity contribution in [3.8, 4) is 0 Å². The molecular weight excluding hydrogens is 643 g/mol. The molecule has 0 N–H and O–H groups in total. The second kappa shape index (κ2) is 16.1. The van der Waals surface area contributed by atoms with E-state index in [0.29, 0.717) is 26.4 Å². The van der Waals surface area contributed by atoms with Gasteiger partial charge in [-0.1, -0.05) is 0 Å². The molecule has 0 bridgehead atoms. The van der Waals surface area contributed by atoms with Crippen LogP contribution in [0.5, 0.6) is 0 Å². The van der Waals surface area contributed by atoms with Gasteiger partial charge in [-0.2, -0.15) is 0 Å². The second-order valence-electron chi connectivity index (χ2n) is 10.9. The molecule has 43 heavy (non-hydrogen) atoms. The van der Waals surface area contributed by atoms with Crippen LogP contribution < -0.4 is 4.46 Å². The first-order valence-corrected chi connectivity index (χ1v) is 20.4. The van der Waals surface area contributed by atoms with Crippen molar-refractivity contribution in [1.82, 2.24) is 0 Å². The Morgan fingerprint density at radius 2 is 1.09 bits per heavy atom. The Morgan fingerprint density at radius 1 is 0.628 bits per heavy atom. The van der Waals surface area contributed by atoms with Crippen LogP contribution in [0.4, 0.5) is 0 Å². The molecule has 8 heteroatoms. The fourth-order valence-electron chi connectivity index (χ4n) is 4.98. The van der Waals surface area contributed by atoms with Gasteiger partial charge in [0.05, 0.1) is 0 Å². The van der Waals surface area contributed by atoms with Gasteiger partial charge in [-0.3, -0.25) is 0 Å². The third-order valence-electron chi connectivity index (χ3n) is 6.97. The summed E-state index contributed by atoms with van der Waals surface area (Å²) in [5.41, 5.74) is 3.27. The molecule has 1 aliphatic heterocycles. The van der Waals surface area contributed by atoms with E-state index < -0.39 is 25.9 Å². The monoisotopic (exact) mass is 682 g/mol. The second-order valence-corrected chi connectivity index (χ2v) is 19.1. The van der Waals surface area contributed by atoms with Crippen molar-refractivity contribution in [2.24, 2.45) is 0 Å². The van der Waals surface area contributed by atoms with Crippen LogP contribution in [-0.2, 0) is 43.2 Å². The number of ether oxygens (including phenoxy) is 4. The minimum absolute atomic E-state index is 0.0705. The Labute approximate surface area is 267 Å². The van der Waals surface area contributed by atoms with Crippen molar-refractivity contribution in [2.45, 2.75) is 62.3 Å². The Bertz CT molecular complexity index is 1340. The predicted octanol–water partition coefficient (Wildman–Crippen LogP) is 6.45. The van der Waals surface area contributed by atoms with E-state index in [9.17, 15) is 0 Å². The summed E-state index contributed by atoms with van der Waals surface area (Å²) in [6, 6.07) is 41.0. The number of rotatable bonds is 14. The average Bonchev–Trinajstić information content (AvgIpc) is 3.02. The van der Waals surface area contributed by atoms with Gasteiger partial charge in [0.2, 0.25) is 0 Å². The first kappa shape index (κ1) is 32.1. The van der Waals surface area contributed by atoms with E-state index in [1.165, 1.54) is 4.46 Å². The average molecular weight is 682 g/mol. The van der Waals surface area contributed by atoms with Gasteiger partial charge in [-0.05, 0) is 0 Å². The van der Waals surface area contributed by atoms with Crippen LogP contribution in [0.15, 0.2) is 121 Å². The van der Waals surface area contributed by atoms with E-state index in [2.05, 4.69) is 60.7 Å². The number of halogens is 1. The Balaban J connectivity index is 1.45. The van der Waals surface area contributed by atoms with E-state index in [0.717, 1.165) is 16.7 Å². The fourth-order valence-corrected chi connectivity index (χ4v) is 8.78. The maximum absolute atomic E-state index is 6.91. The molecule has 0 saturated carbocycles. The molecule has 4 aromatic rings. The zero-order valence-corrected chi connectivity index (χ0v) is 28.1. The Kier molecular flexibility index (Phi) is 12.1. The van der Waals surface area contributed by atoms with Crippen LogP contribution in [-0.4, -0.2) is 58.6 Å². The summed E-state index contributed by atoms with van der Waals surface area (Å²) >= 11 is 6.80. The molecule has 5 atom stereocenters. The quantitative estimate of drug-likeness (QED) is 0.113. The van der Waals surface area contributed by atoms with Crippen molar-refractivity contribution < 1.29 is 23.4 Å². The fraction of sp³-hybridized carbons (Fsp3) is 0.314. The van der Waals surface area contributed by atoms with Crippen LogP contribution in [0.1, 0.15) is 16.7 Å². The van der Waals surface area contributed by atoms with Crippen LogP contribution in [0.3, 0.4) is 0 Å². The van der Waals surface area contributed by atoms with Crippen LogP contribution in [0.2, 0.25) is 13.1 Å². The molecular formula is C35H39ClO5SeSi. The Morgan fingerprint density at radius 3 is 1.60 bits per heavy atom. The molecule has 0 amide bonds. The molecule has 0 aliphatic carbocycles. The minimum atomic E-state index is -2.53. The summed E-state index contributed by atoms with van der Waals surface area (Å²) in [4.78, 5) is 0. The maximum atomic E-state index is 6.91. The molecule has 1 saturated heterocycles. The van der Waals surface area contributed by atoms with Crippen LogP contribution in [0.25, 0.3) is 0 Å². The predicted molar refractivity (Wildman–Crippen MR) is 175 cm³/mol. The van der Waals surface area contributed by atoms with E-state index in [-0.39, 0.29) is 26.1 Å². The SMILES string of the molecule is C[Si](C)(Cl)O[C@@H]1[C@@H](OCc2ccccc2)[C@H](OCc2ccccc2)[C@@H](COCc2ccccc2)O[C@H]1[Se]c1ccccc1. The van der Waals surface area contributed by atoms with Gasteiger partial charge in [0.15, 0.2) is 0 Å². The van der Waals surface area contributed by atoms with E-state index in [1.54, 1.807) is 0 Å². The summed E-state index contributed by atoms with van der Waals surface area (Å²) in [5, 5.41) is -0.247. The normalized spacial score (nSPS) is 22.3. The molecule has 0 unspecified atom stereocenters. The van der Waals surface area contributed by atoms with Gasteiger partial charge in [0.25, 0.3) is 0 Å². The van der Waals surface area contributed by atoms with Gasteiger partial charge in [-0.15, -0.1) is 0 Å². The van der Waals surface area contributed by atoms with Crippen molar-refractivity contribution in [3.05, 3.63) is 138 Å². The van der Waals surface area contributed by atoms with Gasteiger partial charge in [0, 0.05) is 0 Å². The number of benzene rings is 4. The number of hydrogen-bond acceptors (Lipinski definition) is 5. The molecule has 226 valence electrons. The summed E-state index contributed by atoms with van der Waals surface area (Å²) in [6.07, 6.45) is -1.65. The van der Waals surface area contributed by atoms with Gasteiger partial charge < -0.3 is 0 Å². The summed E-state index contributed by atoms with van der Waals surface area (Å²) in [7, 11) is -2.53. The third-order valence-corrected chi connectivity index (χ3v) is 10.5. The van der Waals surface area contributed by atoms with Gasteiger partial charge in [0.1, 0.15) is 0 Å². The first-order valence-electron chi connectivity index (χ1n) is 14.6. The topological polar surface area (TPSA) is 46.2 Å². The summed E-state index contributed by atoms with van der Waals surface area (Å²) < 4.78 is 34.6. The standard InChI is InChI=1S/C35H39ClO5SeSi/c1-43(2,36)41-34-33(39-25-29-19-11-5-12-20-29)32(38-24-28-17-9-4-10-18-28)31(26-37-23-27-15-7-3-8-16-27)40-35(34)42-30-21-13-6-14-22-30/h3-22,31-35H,23-26H2,1-2H3/t31-,32-,33+,34-,35+/m1/s1. The zero-order chi connectivity index (χ0) is 29.9. The molecule has 0 aromatic heterocycles. The van der Waals surface area contributed by atoms with Crippen molar-refractivity contribution in [2.75, 3.05) is 6.61 Å².